The monoisotopic (exact) mass is 654 g/mol. The van der Waals surface area contributed by atoms with Crippen LogP contribution >= 0.6 is 11.6 Å². The van der Waals surface area contributed by atoms with Crippen molar-refractivity contribution in [3.8, 4) is 5.75 Å². The number of methoxy groups -OCH3 is 1. The van der Waals surface area contributed by atoms with Crippen molar-refractivity contribution in [2.45, 2.75) is 77.4 Å². The number of carbonyl (C=O) groups excluding carboxylic acids is 4. The minimum atomic E-state index is -1.13. The highest BCUT2D eigenvalue weighted by Crippen LogP contribution is 2.45. The van der Waals surface area contributed by atoms with Gasteiger partial charge >= 0.3 is 11.9 Å². The van der Waals surface area contributed by atoms with Crippen LogP contribution in [-0.2, 0) is 39.8 Å². The Bertz CT molecular complexity index is 1410. The van der Waals surface area contributed by atoms with Crippen molar-refractivity contribution >= 4 is 35.4 Å². The topological polar surface area (TPSA) is 133 Å². The van der Waals surface area contributed by atoms with E-state index in [1.807, 2.05) is 51.1 Å². The molecule has 0 bridgehead atoms. The van der Waals surface area contributed by atoms with Gasteiger partial charge in [0.05, 0.1) is 24.2 Å². The second kappa shape index (κ2) is 16.1. The molecule has 11 heteroatoms. The Kier molecular flexibility index (Phi) is 12.2. The Hall–Kier alpha value is -3.89. The van der Waals surface area contributed by atoms with Crippen LogP contribution in [0.3, 0.4) is 0 Å². The van der Waals surface area contributed by atoms with Crippen molar-refractivity contribution in [1.29, 1.82) is 0 Å². The fourth-order valence-corrected chi connectivity index (χ4v) is 5.67. The summed E-state index contributed by atoms with van der Waals surface area (Å²) in [6, 6.07) is 13.9. The van der Waals surface area contributed by atoms with Gasteiger partial charge in [-0.1, -0.05) is 81.8 Å². The number of halogens is 1. The van der Waals surface area contributed by atoms with Crippen LogP contribution in [0.1, 0.15) is 57.8 Å². The molecule has 46 heavy (non-hydrogen) atoms. The summed E-state index contributed by atoms with van der Waals surface area (Å²) >= 11 is 6.30. The molecule has 0 radical (unpaired) electrons. The summed E-state index contributed by atoms with van der Waals surface area (Å²) in [7, 11) is 1.51. The Morgan fingerprint density at radius 1 is 1.00 bits per heavy atom. The average Bonchev–Trinajstić information content (AvgIpc) is 3.83. The van der Waals surface area contributed by atoms with Gasteiger partial charge in [0, 0.05) is 25.3 Å². The normalized spacial score (nSPS) is 27.5. The van der Waals surface area contributed by atoms with E-state index in [2.05, 4.69) is 10.6 Å². The number of hydrogen-bond donors (Lipinski definition) is 2. The van der Waals surface area contributed by atoms with E-state index in [0.717, 1.165) is 5.56 Å². The van der Waals surface area contributed by atoms with E-state index < -0.39 is 47.9 Å². The minimum Gasteiger partial charge on any atom is -0.495 e. The molecule has 248 valence electrons. The minimum absolute atomic E-state index is 0.0341. The molecular formula is C35H43ClN2O8. The Labute approximate surface area is 275 Å². The molecule has 2 aliphatic rings. The predicted molar refractivity (Wildman–Crippen MR) is 172 cm³/mol. The highest BCUT2D eigenvalue weighted by Gasteiger charge is 2.47. The second-order valence-electron chi connectivity index (χ2n) is 12.3. The summed E-state index contributed by atoms with van der Waals surface area (Å²) in [5.41, 5.74) is 1.73. The van der Waals surface area contributed by atoms with Crippen LogP contribution in [0.15, 0.2) is 60.7 Å². The molecule has 2 heterocycles. The van der Waals surface area contributed by atoms with Crippen molar-refractivity contribution in [1.82, 2.24) is 10.6 Å². The molecule has 4 rings (SSSR count). The van der Waals surface area contributed by atoms with Crippen LogP contribution in [-0.4, -0.2) is 61.8 Å². The molecule has 7 atom stereocenters. The molecule has 2 N–H and O–H groups in total. The third-order valence-electron chi connectivity index (χ3n) is 8.14. The van der Waals surface area contributed by atoms with Gasteiger partial charge in [0.2, 0.25) is 11.8 Å². The van der Waals surface area contributed by atoms with Crippen LogP contribution in [0, 0.1) is 17.8 Å². The van der Waals surface area contributed by atoms with Gasteiger partial charge in [-0.15, -0.1) is 0 Å². The molecule has 2 aliphatic heterocycles. The van der Waals surface area contributed by atoms with Gasteiger partial charge in [-0.2, -0.15) is 0 Å². The van der Waals surface area contributed by atoms with E-state index in [1.165, 1.54) is 13.2 Å². The standard InChI is InChI=1S/C35H43ClN2O8/c1-20(2)16-29-35(42)44-27(22(4)31-32(46-31)24-10-7-6-8-11-24)12-9-13-30(39)38-26(33(40)37-19-21(3)34(41)45-29)18-23-14-15-28(43-5)25(36)17-23/h6-11,13-15,17,20-22,26-27,29,31-32H,12,16,18-19H2,1-5H3,(H,37,40)(H,38,39)/b13-9+/t21-,22-,26-,27+,29+,31-,32-/m1/s1. The van der Waals surface area contributed by atoms with E-state index >= 15 is 0 Å². The van der Waals surface area contributed by atoms with Crippen molar-refractivity contribution < 1.29 is 38.1 Å². The van der Waals surface area contributed by atoms with Gasteiger partial charge in [0.15, 0.2) is 6.10 Å². The first-order valence-electron chi connectivity index (χ1n) is 15.6. The van der Waals surface area contributed by atoms with Crippen molar-refractivity contribution in [3.05, 3.63) is 76.8 Å². The largest absolute Gasteiger partial charge is 0.495 e. The Morgan fingerprint density at radius 2 is 1.74 bits per heavy atom. The molecule has 2 aromatic rings. The van der Waals surface area contributed by atoms with Crippen LogP contribution in [0.4, 0.5) is 0 Å². The maximum atomic E-state index is 13.5. The van der Waals surface area contributed by atoms with E-state index in [0.29, 0.717) is 16.3 Å². The lowest BCUT2D eigenvalue weighted by atomic mass is 9.93. The zero-order valence-corrected chi connectivity index (χ0v) is 27.6. The van der Waals surface area contributed by atoms with Crippen LogP contribution < -0.4 is 15.4 Å². The van der Waals surface area contributed by atoms with Gasteiger partial charge < -0.3 is 29.6 Å². The fraction of sp³-hybridized carbons (Fsp3) is 0.486. The molecule has 2 aromatic carbocycles. The lowest BCUT2D eigenvalue weighted by molar-refractivity contribution is -0.176. The maximum absolute atomic E-state index is 13.5. The van der Waals surface area contributed by atoms with Crippen LogP contribution in [0.25, 0.3) is 0 Å². The first-order valence-corrected chi connectivity index (χ1v) is 16.0. The SMILES string of the molecule is COc1ccc(C[C@H]2NC(=O)/C=C/C[C@@H]([C@@H](C)[C@H]3O[C@@H]3c3ccccc3)OC(=O)[C@H](CC(C)C)OC(=O)[C@H](C)CNC2=O)cc1Cl. The first kappa shape index (κ1) is 35.0. The third kappa shape index (κ3) is 9.56. The highest BCUT2D eigenvalue weighted by molar-refractivity contribution is 6.32. The Morgan fingerprint density at radius 3 is 2.41 bits per heavy atom. The maximum Gasteiger partial charge on any atom is 0.347 e. The number of amides is 2. The van der Waals surface area contributed by atoms with Gasteiger partial charge in [0.1, 0.15) is 24.0 Å². The van der Waals surface area contributed by atoms with Crippen molar-refractivity contribution in [2.24, 2.45) is 17.8 Å². The highest BCUT2D eigenvalue weighted by atomic mass is 35.5. The zero-order chi connectivity index (χ0) is 33.4. The summed E-state index contributed by atoms with van der Waals surface area (Å²) in [5, 5.41) is 5.86. The molecule has 0 aliphatic carbocycles. The van der Waals surface area contributed by atoms with E-state index in [9.17, 15) is 19.2 Å². The van der Waals surface area contributed by atoms with E-state index in [4.69, 9.17) is 30.5 Å². The Balaban J connectivity index is 1.58. The second-order valence-corrected chi connectivity index (χ2v) is 12.7. The number of cyclic esters (lactones) is 2. The molecule has 0 saturated carbocycles. The van der Waals surface area contributed by atoms with Crippen LogP contribution in [0.2, 0.25) is 5.02 Å². The first-order chi connectivity index (χ1) is 22.0. The number of benzene rings is 2. The number of epoxide rings is 1. The smallest absolute Gasteiger partial charge is 0.347 e. The summed E-state index contributed by atoms with van der Waals surface area (Å²) in [6.07, 6.45) is 1.40. The molecule has 0 unspecified atom stereocenters. The quantitative estimate of drug-likeness (QED) is 0.308. The number of rotatable bonds is 8. The van der Waals surface area contributed by atoms with Gasteiger partial charge in [0.25, 0.3) is 0 Å². The number of ether oxygens (including phenoxy) is 4. The number of hydrogen-bond acceptors (Lipinski definition) is 8. The molecule has 10 nitrogen and oxygen atoms in total. The van der Waals surface area contributed by atoms with E-state index in [-0.39, 0.29) is 49.9 Å². The fourth-order valence-electron chi connectivity index (χ4n) is 5.39. The number of carbonyl (C=O) groups is 4. The number of esters is 2. The lowest BCUT2D eigenvalue weighted by Gasteiger charge is -2.27. The number of nitrogens with one attached hydrogen (secondary N) is 2. The molecule has 1 saturated heterocycles. The summed E-state index contributed by atoms with van der Waals surface area (Å²) in [5.74, 6) is -2.78. The summed E-state index contributed by atoms with van der Waals surface area (Å²) < 4.78 is 22.9. The zero-order valence-electron chi connectivity index (χ0n) is 26.9. The molecule has 0 spiro atoms. The molecular weight excluding hydrogens is 612 g/mol. The third-order valence-corrected chi connectivity index (χ3v) is 8.44. The predicted octanol–water partition coefficient (Wildman–Crippen LogP) is 4.73. The van der Waals surface area contributed by atoms with Gasteiger partial charge in [-0.05, 0) is 41.7 Å². The van der Waals surface area contributed by atoms with Gasteiger partial charge in [-0.3, -0.25) is 14.4 Å². The van der Waals surface area contributed by atoms with Gasteiger partial charge in [-0.25, -0.2) is 4.79 Å². The van der Waals surface area contributed by atoms with Crippen molar-refractivity contribution in [2.75, 3.05) is 13.7 Å². The molecule has 1 fully saturated rings. The molecule has 2 amide bonds. The summed E-state index contributed by atoms with van der Waals surface area (Å²) in [4.78, 5) is 52.9. The summed E-state index contributed by atoms with van der Waals surface area (Å²) in [6.45, 7) is 7.31. The lowest BCUT2D eigenvalue weighted by Crippen LogP contribution is -2.49. The van der Waals surface area contributed by atoms with E-state index in [1.54, 1.807) is 31.2 Å². The van der Waals surface area contributed by atoms with Crippen molar-refractivity contribution in [3.63, 3.8) is 0 Å². The average molecular weight is 655 g/mol. The molecule has 0 aromatic heterocycles. The van der Waals surface area contributed by atoms with Crippen LogP contribution in [0.5, 0.6) is 5.75 Å².